The van der Waals surface area contributed by atoms with Crippen LogP contribution in [0.4, 0.5) is 10.1 Å². The van der Waals surface area contributed by atoms with Crippen molar-refractivity contribution < 1.29 is 24.1 Å². The molecule has 3 heterocycles. The topological polar surface area (TPSA) is 95.2 Å². The molecule has 2 N–H and O–H groups in total. The number of halogens is 1. The Morgan fingerprint density at radius 1 is 1.30 bits per heavy atom. The van der Waals surface area contributed by atoms with Crippen LogP contribution in [0.2, 0.25) is 0 Å². The number of benzene rings is 1. The van der Waals surface area contributed by atoms with Crippen LogP contribution in [-0.2, 0) is 0 Å². The second-order valence-electron chi connectivity index (χ2n) is 7.06. The summed E-state index contributed by atoms with van der Waals surface area (Å²) in [4.78, 5) is 28.0. The molecule has 9 heteroatoms. The van der Waals surface area contributed by atoms with Gasteiger partial charge in [0.15, 0.2) is 11.6 Å². The van der Waals surface area contributed by atoms with E-state index in [-0.39, 0.29) is 16.8 Å². The fraction of sp³-hybridized carbons (Fsp3) is 0.444. The molecule has 4 rings (SSSR count). The van der Waals surface area contributed by atoms with Gasteiger partial charge in [-0.3, -0.25) is 4.79 Å². The Morgan fingerprint density at radius 3 is 2.59 bits per heavy atom. The summed E-state index contributed by atoms with van der Waals surface area (Å²) < 4.78 is 22.1. The number of aromatic carboxylic acids is 1. The van der Waals surface area contributed by atoms with Gasteiger partial charge in [-0.05, 0) is 20.0 Å². The second kappa shape index (κ2) is 6.21. The predicted molar refractivity (Wildman–Crippen MR) is 96.2 cm³/mol. The van der Waals surface area contributed by atoms with Crippen LogP contribution in [0, 0.1) is 5.82 Å². The van der Waals surface area contributed by atoms with Crippen LogP contribution in [0.3, 0.4) is 0 Å². The van der Waals surface area contributed by atoms with E-state index in [2.05, 4.69) is 4.90 Å². The van der Waals surface area contributed by atoms with Crippen LogP contribution in [0.15, 0.2) is 17.1 Å². The zero-order chi connectivity index (χ0) is 19.5. The molecule has 8 nitrogen and oxygen atoms in total. The van der Waals surface area contributed by atoms with E-state index in [1.54, 1.807) is 6.92 Å². The van der Waals surface area contributed by atoms with E-state index in [0.717, 1.165) is 19.2 Å². The number of anilines is 1. The lowest BCUT2D eigenvalue weighted by molar-refractivity contribution is -0.0571. The summed E-state index contributed by atoms with van der Waals surface area (Å²) >= 11 is 0. The minimum absolute atomic E-state index is 0.0703. The molecule has 1 unspecified atom stereocenters. The molecule has 27 heavy (non-hydrogen) atoms. The van der Waals surface area contributed by atoms with Crippen LogP contribution in [0.1, 0.15) is 23.3 Å². The molecule has 1 aromatic heterocycles. The molecule has 0 spiro atoms. The van der Waals surface area contributed by atoms with Crippen molar-refractivity contribution in [2.75, 3.05) is 38.1 Å². The smallest absolute Gasteiger partial charge is 0.341 e. The first-order valence-corrected chi connectivity index (χ1v) is 8.72. The number of aromatic nitrogens is 1. The number of pyridine rings is 1. The molecule has 0 radical (unpaired) electrons. The van der Waals surface area contributed by atoms with Crippen molar-refractivity contribution in [3.8, 4) is 5.75 Å². The van der Waals surface area contributed by atoms with Crippen molar-refractivity contribution >= 4 is 22.6 Å². The molecule has 144 valence electrons. The van der Waals surface area contributed by atoms with E-state index in [1.165, 1.54) is 10.8 Å². The Kier molecular flexibility index (Phi) is 4.08. The highest BCUT2D eigenvalue weighted by molar-refractivity contribution is 5.97. The largest absolute Gasteiger partial charge is 0.477 e. The number of carboxylic acid groups (broad SMARTS) is 1. The van der Waals surface area contributed by atoms with E-state index >= 15 is 4.39 Å². The van der Waals surface area contributed by atoms with Gasteiger partial charge < -0.3 is 29.3 Å². The lowest BCUT2D eigenvalue weighted by Gasteiger charge is -2.38. The molecule has 1 aromatic carbocycles. The number of carbonyl (C=O) groups is 1. The lowest BCUT2D eigenvalue weighted by Crippen LogP contribution is -2.45. The normalized spacial score (nSPS) is 22.7. The van der Waals surface area contributed by atoms with Gasteiger partial charge in [-0.1, -0.05) is 0 Å². The van der Waals surface area contributed by atoms with Crippen LogP contribution >= 0.6 is 0 Å². The Bertz CT molecular complexity index is 997. The van der Waals surface area contributed by atoms with Crippen molar-refractivity contribution in [3.05, 3.63) is 33.9 Å². The first-order chi connectivity index (χ1) is 12.8. The van der Waals surface area contributed by atoms with Crippen molar-refractivity contribution in [1.29, 1.82) is 0 Å². The summed E-state index contributed by atoms with van der Waals surface area (Å²) in [5.41, 5.74) is -0.747. The van der Waals surface area contributed by atoms with Gasteiger partial charge in [0.05, 0.1) is 16.9 Å². The summed E-state index contributed by atoms with van der Waals surface area (Å²) in [7, 11) is 1.98. The van der Waals surface area contributed by atoms with Gasteiger partial charge in [0.1, 0.15) is 11.3 Å². The third-order valence-electron chi connectivity index (χ3n) is 5.34. The first-order valence-electron chi connectivity index (χ1n) is 8.72. The molecule has 1 fully saturated rings. The number of aliphatic hydroxyl groups excluding tert-OH is 1. The standard InChI is InChI=1S/C18H20FN3O5/c1-9-18(26)27-16-13-10(15(23)11(17(24)25)8-22(9)13)7-12(19)14(16)21-5-3-20(2)4-6-21/h7-9,18,26H,3-6H2,1-2H3,(H,24,25)/t9-,18?/m0/s1. The van der Waals surface area contributed by atoms with Crippen LogP contribution < -0.4 is 15.1 Å². The minimum Gasteiger partial charge on any atom is -0.477 e. The minimum atomic E-state index is -1.40. The molecule has 2 aliphatic rings. The Morgan fingerprint density at radius 2 is 1.96 bits per heavy atom. The van der Waals surface area contributed by atoms with Crippen molar-refractivity contribution in [3.63, 3.8) is 0 Å². The monoisotopic (exact) mass is 377 g/mol. The van der Waals surface area contributed by atoms with Crippen molar-refractivity contribution in [2.24, 2.45) is 0 Å². The van der Waals surface area contributed by atoms with Gasteiger partial charge in [0.2, 0.25) is 11.7 Å². The van der Waals surface area contributed by atoms with E-state index in [9.17, 15) is 19.8 Å². The summed E-state index contributed by atoms with van der Waals surface area (Å²) in [6.45, 7) is 4.25. The maximum Gasteiger partial charge on any atom is 0.341 e. The Balaban J connectivity index is 2.03. The number of nitrogens with zero attached hydrogens (tertiary/aromatic N) is 3. The molecule has 2 aliphatic heterocycles. The Hall–Kier alpha value is -2.65. The number of rotatable bonds is 2. The van der Waals surface area contributed by atoms with E-state index in [4.69, 9.17) is 4.74 Å². The molecule has 1 saturated heterocycles. The number of hydrogen-bond donors (Lipinski definition) is 2. The SMILES string of the molecule is C[C@H]1C(O)Oc2c(N3CCN(C)CC3)c(F)cc3c(=O)c(C(=O)O)cn1c23. The quantitative estimate of drug-likeness (QED) is 0.802. The molecule has 0 aliphatic carbocycles. The van der Waals surface area contributed by atoms with Gasteiger partial charge in [0.25, 0.3) is 0 Å². The highest BCUT2D eigenvalue weighted by Gasteiger charge is 2.34. The van der Waals surface area contributed by atoms with Crippen molar-refractivity contribution in [1.82, 2.24) is 9.47 Å². The van der Waals surface area contributed by atoms with Gasteiger partial charge in [-0.2, -0.15) is 0 Å². The highest BCUT2D eigenvalue weighted by atomic mass is 19.1. The number of carboxylic acids is 1. The van der Waals surface area contributed by atoms with E-state index in [0.29, 0.717) is 18.6 Å². The van der Waals surface area contributed by atoms with Crippen molar-refractivity contribution in [2.45, 2.75) is 19.3 Å². The molecular weight excluding hydrogens is 357 g/mol. The molecular formula is C18H20FN3O5. The van der Waals surface area contributed by atoms with Crippen LogP contribution in [0.5, 0.6) is 5.75 Å². The van der Waals surface area contributed by atoms with Gasteiger partial charge in [-0.15, -0.1) is 0 Å². The molecule has 2 atom stereocenters. The molecule has 0 bridgehead atoms. The number of piperazine rings is 1. The second-order valence-corrected chi connectivity index (χ2v) is 7.06. The van der Waals surface area contributed by atoms with Crippen LogP contribution in [0.25, 0.3) is 10.9 Å². The van der Waals surface area contributed by atoms with Crippen LogP contribution in [-0.4, -0.2) is 65.2 Å². The Labute approximate surface area is 154 Å². The highest BCUT2D eigenvalue weighted by Crippen LogP contribution is 2.43. The van der Waals surface area contributed by atoms with E-state index in [1.807, 2.05) is 11.9 Å². The first kappa shape index (κ1) is 17.7. The summed E-state index contributed by atoms with van der Waals surface area (Å²) in [5, 5.41) is 19.6. The summed E-state index contributed by atoms with van der Waals surface area (Å²) in [6.07, 6.45) is -0.101. The molecule has 0 amide bonds. The fourth-order valence-corrected chi connectivity index (χ4v) is 3.71. The molecule has 2 aromatic rings. The maximum absolute atomic E-state index is 15.0. The third kappa shape index (κ3) is 2.65. The zero-order valence-corrected chi connectivity index (χ0v) is 15.0. The number of ether oxygens (including phenoxy) is 1. The average molecular weight is 377 g/mol. The average Bonchev–Trinajstić information content (AvgIpc) is 2.62. The summed E-state index contributed by atoms with van der Waals surface area (Å²) in [6, 6.07) is 0.440. The summed E-state index contributed by atoms with van der Waals surface area (Å²) in [5.74, 6) is -1.99. The number of likely N-dealkylation sites (N-methyl/N-ethyl adjacent to an activating group) is 1. The third-order valence-corrected chi connectivity index (χ3v) is 5.34. The number of hydrogen-bond acceptors (Lipinski definition) is 6. The maximum atomic E-state index is 15.0. The number of aliphatic hydroxyl groups is 1. The van der Waals surface area contributed by atoms with Gasteiger partial charge >= 0.3 is 5.97 Å². The van der Waals surface area contributed by atoms with E-state index < -0.39 is 35.1 Å². The predicted octanol–water partition coefficient (Wildman–Crippen LogP) is 0.862. The lowest BCUT2D eigenvalue weighted by atomic mass is 10.0. The zero-order valence-electron chi connectivity index (χ0n) is 15.0. The fourth-order valence-electron chi connectivity index (χ4n) is 3.71. The van der Waals surface area contributed by atoms with Gasteiger partial charge in [0, 0.05) is 32.4 Å². The molecule has 0 saturated carbocycles. The van der Waals surface area contributed by atoms with Gasteiger partial charge in [-0.25, -0.2) is 9.18 Å².